The lowest BCUT2D eigenvalue weighted by molar-refractivity contribution is -0.124. The number of carbonyl (C=O) groups excluding carboxylic acids is 1. The van der Waals surface area contributed by atoms with Crippen molar-refractivity contribution < 1.29 is 9.90 Å². The van der Waals surface area contributed by atoms with Crippen molar-refractivity contribution in [3.63, 3.8) is 0 Å². The van der Waals surface area contributed by atoms with E-state index in [1.54, 1.807) is 0 Å². The van der Waals surface area contributed by atoms with Gasteiger partial charge < -0.3 is 15.7 Å². The third kappa shape index (κ3) is 4.49. The summed E-state index contributed by atoms with van der Waals surface area (Å²) in [5.74, 6) is 0.103. The number of carbonyl (C=O) groups is 1. The van der Waals surface area contributed by atoms with Gasteiger partial charge in [0.2, 0.25) is 5.91 Å². The SMILES string of the molecule is CC(C)(CCO)CNC(=O)C1CCCCN1. The van der Waals surface area contributed by atoms with Gasteiger partial charge in [-0.3, -0.25) is 4.79 Å². The molecular formula is C12H24N2O2. The first kappa shape index (κ1) is 13.5. The summed E-state index contributed by atoms with van der Waals surface area (Å²) in [7, 11) is 0. The van der Waals surface area contributed by atoms with Gasteiger partial charge in [-0.1, -0.05) is 20.3 Å². The number of hydrogen-bond acceptors (Lipinski definition) is 3. The van der Waals surface area contributed by atoms with Crippen LogP contribution in [0.2, 0.25) is 0 Å². The molecule has 0 aromatic heterocycles. The van der Waals surface area contributed by atoms with Crippen LogP contribution in [0.1, 0.15) is 39.5 Å². The van der Waals surface area contributed by atoms with Crippen LogP contribution in [-0.2, 0) is 4.79 Å². The predicted molar refractivity (Wildman–Crippen MR) is 64.1 cm³/mol. The monoisotopic (exact) mass is 228 g/mol. The van der Waals surface area contributed by atoms with Crippen LogP contribution in [-0.4, -0.2) is 36.8 Å². The third-order valence-electron chi connectivity index (χ3n) is 3.16. The lowest BCUT2D eigenvalue weighted by Gasteiger charge is -2.27. The van der Waals surface area contributed by atoms with Crippen molar-refractivity contribution in [1.82, 2.24) is 10.6 Å². The lowest BCUT2D eigenvalue weighted by Crippen LogP contribution is -2.48. The first-order valence-corrected chi connectivity index (χ1v) is 6.17. The Hall–Kier alpha value is -0.610. The van der Waals surface area contributed by atoms with E-state index in [4.69, 9.17) is 5.11 Å². The molecule has 1 amide bonds. The molecule has 1 fully saturated rings. The Balaban J connectivity index is 2.28. The molecule has 0 spiro atoms. The first-order valence-electron chi connectivity index (χ1n) is 6.17. The van der Waals surface area contributed by atoms with E-state index in [9.17, 15) is 4.79 Å². The quantitative estimate of drug-likeness (QED) is 0.647. The molecule has 1 rings (SSSR count). The molecule has 4 heteroatoms. The van der Waals surface area contributed by atoms with Crippen molar-refractivity contribution in [2.75, 3.05) is 19.7 Å². The highest BCUT2D eigenvalue weighted by Gasteiger charge is 2.23. The second kappa shape index (κ2) is 6.21. The Kier molecular flexibility index (Phi) is 5.22. The van der Waals surface area contributed by atoms with Gasteiger partial charge in [-0.05, 0) is 31.2 Å². The highest BCUT2D eigenvalue weighted by molar-refractivity contribution is 5.81. The molecule has 4 nitrogen and oxygen atoms in total. The van der Waals surface area contributed by atoms with Crippen LogP contribution in [0.4, 0.5) is 0 Å². The molecule has 0 saturated carbocycles. The van der Waals surface area contributed by atoms with Crippen LogP contribution in [0.3, 0.4) is 0 Å². The summed E-state index contributed by atoms with van der Waals surface area (Å²) < 4.78 is 0. The zero-order chi connectivity index (χ0) is 12.0. The molecular weight excluding hydrogens is 204 g/mol. The van der Waals surface area contributed by atoms with Crippen LogP contribution < -0.4 is 10.6 Å². The maximum Gasteiger partial charge on any atom is 0.237 e. The molecule has 1 unspecified atom stereocenters. The maximum absolute atomic E-state index is 11.8. The number of aliphatic hydroxyl groups is 1. The number of hydrogen-bond donors (Lipinski definition) is 3. The lowest BCUT2D eigenvalue weighted by atomic mass is 9.89. The smallest absolute Gasteiger partial charge is 0.237 e. The number of piperidine rings is 1. The van der Waals surface area contributed by atoms with Crippen molar-refractivity contribution in [2.45, 2.75) is 45.6 Å². The molecule has 94 valence electrons. The Morgan fingerprint density at radius 1 is 1.50 bits per heavy atom. The number of aliphatic hydroxyl groups excluding tert-OH is 1. The van der Waals surface area contributed by atoms with Crippen molar-refractivity contribution in [2.24, 2.45) is 5.41 Å². The molecule has 1 saturated heterocycles. The fraction of sp³-hybridized carbons (Fsp3) is 0.917. The minimum atomic E-state index is -0.0287. The summed E-state index contributed by atoms with van der Waals surface area (Å²) in [4.78, 5) is 11.8. The van der Waals surface area contributed by atoms with E-state index < -0.39 is 0 Å². The van der Waals surface area contributed by atoms with Crippen LogP contribution in [0.15, 0.2) is 0 Å². The van der Waals surface area contributed by atoms with E-state index in [1.807, 2.05) is 0 Å². The number of rotatable bonds is 5. The summed E-state index contributed by atoms with van der Waals surface area (Å²) in [6.45, 7) is 5.85. The molecule has 0 aromatic carbocycles. The molecule has 0 radical (unpaired) electrons. The van der Waals surface area contributed by atoms with Gasteiger partial charge in [0, 0.05) is 13.2 Å². The normalized spacial score (nSPS) is 21.8. The molecule has 3 N–H and O–H groups in total. The van der Waals surface area contributed by atoms with Crippen molar-refractivity contribution >= 4 is 5.91 Å². The Morgan fingerprint density at radius 3 is 2.81 bits per heavy atom. The minimum absolute atomic E-state index is 0.0151. The summed E-state index contributed by atoms with van der Waals surface area (Å²) in [5.41, 5.74) is -0.0287. The average Bonchev–Trinajstić information content (AvgIpc) is 2.27. The Labute approximate surface area is 97.8 Å². The first-order chi connectivity index (χ1) is 7.55. The predicted octanol–water partition coefficient (Wildman–Crippen LogP) is 0.653. The molecule has 1 atom stereocenters. The van der Waals surface area contributed by atoms with Gasteiger partial charge in [0.05, 0.1) is 6.04 Å². The zero-order valence-electron chi connectivity index (χ0n) is 10.4. The topological polar surface area (TPSA) is 61.4 Å². The van der Waals surface area contributed by atoms with Crippen LogP contribution >= 0.6 is 0 Å². The van der Waals surface area contributed by atoms with Gasteiger partial charge in [0.25, 0.3) is 0 Å². The fourth-order valence-electron chi connectivity index (χ4n) is 1.92. The highest BCUT2D eigenvalue weighted by atomic mass is 16.3. The zero-order valence-corrected chi connectivity index (χ0v) is 10.4. The minimum Gasteiger partial charge on any atom is -0.396 e. The van der Waals surface area contributed by atoms with Crippen LogP contribution in [0.25, 0.3) is 0 Å². The molecule has 0 bridgehead atoms. The van der Waals surface area contributed by atoms with E-state index in [2.05, 4.69) is 24.5 Å². The van der Waals surface area contributed by atoms with Gasteiger partial charge in [0.15, 0.2) is 0 Å². The molecule has 0 aromatic rings. The van der Waals surface area contributed by atoms with Crippen LogP contribution in [0.5, 0.6) is 0 Å². The number of amides is 1. The van der Waals surface area contributed by atoms with E-state index in [0.717, 1.165) is 19.4 Å². The summed E-state index contributed by atoms with van der Waals surface area (Å²) in [6.07, 6.45) is 3.95. The second-order valence-corrected chi connectivity index (χ2v) is 5.36. The average molecular weight is 228 g/mol. The van der Waals surface area contributed by atoms with E-state index in [0.29, 0.717) is 13.0 Å². The van der Waals surface area contributed by atoms with Gasteiger partial charge in [-0.15, -0.1) is 0 Å². The second-order valence-electron chi connectivity index (χ2n) is 5.36. The molecule has 0 aliphatic carbocycles. The summed E-state index contributed by atoms with van der Waals surface area (Å²) >= 11 is 0. The third-order valence-corrected chi connectivity index (χ3v) is 3.16. The van der Waals surface area contributed by atoms with Crippen LogP contribution in [0, 0.1) is 5.41 Å². The van der Waals surface area contributed by atoms with Gasteiger partial charge in [-0.25, -0.2) is 0 Å². The van der Waals surface area contributed by atoms with Gasteiger partial charge in [0.1, 0.15) is 0 Å². The maximum atomic E-state index is 11.8. The molecule has 1 aliphatic rings. The summed E-state index contributed by atoms with van der Waals surface area (Å²) in [5, 5.41) is 15.1. The fourth-order valence-corrected chi connectivity index (χ4v) is 1.92. The molecule has 1 aliphatic heterocycles. The molecule has 16 heavy (non-hydrogen) atoms. The van der Waals surface area contributed by atoms with Gasteiger partial charge in [-0.2, -0.15) is 0 Å². The summed E-state index contributed by atoms with van der Waals surface area (Å²) in [6, 6.07) is -0.0151. The largest absolute Gasteiger partial charge is 0.396 e. The standard InChI is InChI=1S/C12H24N2O2/c1-12(2,6-8-15)9-14-11(16)10-5-3-4-7-13-10/h10,13,15H,3-9H2,1-2H3,(H,14,16). The number of nitrogens with one attached hydrogen (secondary N) is 2. The van der Waals surface area contributed by atoms with E-state index in [-0.39, 0.29) is 24.0 Å². The van der Waals surface area contributed by atoms with Crippen molar-refractivity contribution in [1.29, 1.82) is 0 Å². The van der Waals surface area contributed by atoms with Crippen molar-refractivity contribution in [3.8, 4) is 0 Å². The Morgan fingerprint density at radius 2 is 2.25 bits per heavy atom. The highest BCUT2D eigenvalue weighted by Crippen LogP contribution is 2.18. The van der Waals surface area contributed by atoms with E-state index in [1.165, 1.54) is 6.42 Å². The van der Waals surface area contributed by atoms with E-state index >= 15 is 0 Å². The Bertz CT molecular complexity index is 223. The molecule has 1 heterocycles. The van der Waals surface area contributed by atoms with Crippen molar-refractivity contribution in [3.05, 3.63) is 0 Å². The van der Waals surface area contributed by atoms with Gasteiger partial charge >= 0.3 is 0 Å².